The molecule has 4 aromatic rings. The van der Waals surface area contributed by atoms with Crippen LogP contribution in [-0.4, -0.2) is 42.0 Å². The van der Waals surface area contributed by atoms with Gasteiger partial charge < -0.3 is 4.42 Å². The van der Waals surface area contributed by atoms with Crippen molar-refractivity contribution < 1.29 is 44.0 Å². The zero-order valence-electron chi connectivity index (χ0n) is 20.5. The third-order valence-electron chi connectivity index (χ3n) is 6.61. The maximum absolute atomic E-state index is 14.4. The molecule has 1 saturated heterocycles. The maximum Gasteiger partial charge on any atom is 0.416 e. The number of furan rings is 1. The highest BCUT2D eigenvalue weighted by Crippen LogP contribution is 2.38. The van der Waals surface area contributed by atoms with Gasteiger partial charge in [-0.1, -0.05) is 12.1 Å². The number of rotatable bonds is 7. The van der Waals surface area contributed by atoms with E-state index in [2.05, 4.69) is 4.98 Å². The molecule has 1 aliphatic heterocycles. The van der Waals surface area contributed by atoms with Crippen molar-refractivity contribution in [3.8, 4) is 11.3 Å². The number of fused-ring (bicyclic) bond motifs is 1. The van der Waals surface area contributed by atoms with Crippen LogP contribution in [-0.2, 0) is 27.4 Å². The summed E-state index contributed by atoms with van der Waals surface area (Å²) in [6, 6.07) is 10.1. The van der Waals surface area contributed by atoms with Gasteiger partial charge in [0.05, 0.1) is 23.8 Å². The second-order valence-electron chi connectivity index (χ2n) is 9.46. The molecule has 1 atom stereocenters. The van der Waals surface area contributed by atoms with Crippen LogP contribution in [0.2, 0.25) is 0 Å². The number of ketones is 1. The first kappa shape index (κ1) is 27.8. The van der Waals surface area contributed by atoms with Crippen LogP contribution in [0.3, 0.4) is 0 Å². The first-order valence-electron chi connectivity index (χ1n) is 12.0. The van der Waals surface area contributed by atoms with Crippen LogP contribution in [0, 0.1) is 5.82 Å². The number of alkyl halides is 5. The molecule has 40 heavy (non-hydrogen) atoms. The third kappa shape index (κ3) is 5.61. The Morgan fingerprint density at radius 2 is 1.77 bits per heavy atom. The Bertz CT molecular complexity index is 1680. The first-order chi connectivity index (χ1) is 18.7. The smallest absolute Gasteiger partial charge is 0.416 e. The van der Waals surface area contributed by atoms with Crippen LogP contribution >= 0.6 is 0 Å². The summed E-state index contributed by atoms with van der Waals surface area (Å²) >= 11 is 0. The fourth-order valence-corrected chi connectivity index (χ4v) is 6.19. The van der Waals surface area contributed by atoms with E-state index in [-0.39, 0.29) is 23.8 Å². The molecule has 2 aromatic heterocycles. The Kier molecular flexibility index (Phi) is 6.99. The largest absolute Gasteiger partial charge is 0.443 e. The molecule has 0 N–H and O–H groups in total. The molecule has 1 fully saturated rings. The van der Waals surface area contributed by atoms with Crippen molar-refractivity contribution in [2.75, 3.05) is 6.54 Å². The Morgan fingerprint density at radius 3 is 2.48 bits per heavy atom. The van der Waals surface area contributed by atoms with Crippen molar-refractivity contribution in [3.63, 3.8) is 0 Å². The molecule has 5 rings (SSSR count). The van der Waals surface area contributed by atoms with Gasteiger partial charge in [0.25, 0.3) is 15.9 Å². The van der Waals surface area contributed by atoms with Gasteiger partial charge in [-0.25, -0.2) is 21.6 Å². The normalized spacial score (nSPS) is 17.9. The molecular weight excluding hydrogens is 562 g/mol. The molecule has 0 spiro atoms. The Balaban J connectivity index is 1.33. The van der Waals surface area contributed by atoms with E-state index in [1.165, 1.54) is 24.4 Å². The summed E-state index contributed by atoms with van der Waals surface area (Å²) in [5.41, 5.74) is 0.518. The number of nitrogens with zero attached hydrogens (tertiary/aromatic N) is 2. The van der Waals surface area contributed by atoms with E-state index >= 15 is 0 Å². The monoisotopic (exact) mass is 582 g/mol. The molecule has 0 aliphatic carbocycles. The zero-order chi connectivity index (χ0) is 28.9. The van der Waals surface area contributed by atoms with E-state index in [0.29, 0.717) is 21.1 Å². The first-order valence-corrected chi connectivity index (χ1v) is 13.4. The number of Topliss-reactive ketones (excluding diaryl/α,β-unsaturated/α-hetero) is 1. The van der Waals surface area contributed by atoms with Crippen molar-refractivity contribution in [3.05, 3.63) is 83.8 Å². The van der Waals surface area contributed by atoms with Gasteiger partial charge in [-0.3, -0.25) is 9.78 Å². The summed E-state index contributed by atoms with van der Waals surface area (Å²) in [4.78, 5) is 17.2. The standard InChI is InChI=1S/C27H20F6N2O4S/c28-20-6-8-24-18(12-20)13-25(39-24)40(37,38)35-15-26(29,30)14-22(35)23(36)7-1-16-9-10-34-21(11-16)17-2-4-19(5-3-17)27(31,32)33/h2-6,8-13,22H,1,7,14-15H2. The minimum absolute atomic E-state index is 0.0374. The lowest BCUT2D eigenvalue weighted by molar-refractivity contribution is -0.137. The highest BCUT2D eigenvalue weighted by atomic mass is 32.2. The number of carbonyl (C=O) groups excluding carboxylic acids is 1. The Labute approximate surface area is 224 Å². The molecule has 1 aliphatic rings. The van der Waals surface area contributed by atoms with Gasteiger partial charge in [0.1, 0.15) is 11.4 Å². The molecule has 1 unspecified atom stereocenters. The predicted molar refractivity (Wildman–Crippen MR) is 131 cm³/mol. The number of aromatic nitrogens is 1. The molecule has 13 heteroatoms. The summed E-state index contributed by atoms with van der Waals surface area (Å²) in [6.07, 6.45) is -4.33. The third-order valence-corrected chi connectivity index (χ3v) is 8.32. The molecule has 2 aromatic carbocycles. The fourth-order valence-electron chi connectivity index (χ4n) is 4.60. The van der Waals surface area contributed by atoms with Gasteiger partial charge in [0.15, 0.2) is 5.78 Å². The van der Waals surface area contributed by atoms with E-state index in [1.807, 2.05) is 0 Å². The number of aryl methyl sites for hydroxylation is 1. The van der Waals surface area contributed by atoms with Crippen LogP contribution in [0.5, 0.6) is 0 Å². The molecule has 0 amide bonds. The quantitative estimate of drug-likeness (QED) is 0.241. The molecule has 6 nitrogen and oxygen atoms in total. The highest BCUT2D eigenvalue weighted by molar-refractivity contribution is 7.89. The fraction of sp³-hybridized carbons (Fsp3) is 0.259. The van der Waals surface area contributed by atoms with Crippen molar-refractivity contribution in [1.82, 2.24) is 9.29 Å². The van der Waals surface area contributed by atoms with E-state index in [9.17, 15) is 39.6 Å². The molecule has 0 saturated carbocycles. The van der Waals surface area contributed by atoms with Crippen molar-refractivity contribution in [1.29, 1.82) is 0 Å². The highest BCUT2D eigenvalue weighted by Gasteiger charge is 2.53. The lowest BCUT2D eigenvalue weighted by atomic mass is 10.0. The average Bonchev–Trinajstić information content (AvgIpc) is 3.48. The van der Waals surface area contributed by atoms with Gasteiger partial charge in [0.2, 0.25) is 5.09 Å². The summed E-state index contributed by atoms with van der Waals surface area (Å²) in [5, 5.41) is -0.562. The molecule has 0 radical (unpaired) electrons. The second kappa shape index (κ2) is 10.0. The average molecular weight is 583 g/mol. The number of sulfonamides is 1. The summed E-state index contributed by atoms with van der Waals surface area (Å²) in [5.74, 6) is -4.84. The summed E-state index contributed by atoms with van der Waals surface area (Å²) in [7, 11) is -4.67. The number of carbonyl (C=O) groups is 1. The van der Waals surface area contributed by atoms with Crippen LogP contribution in [0.15, 0.2) is 76.4 Å². The maximum atomic E-state index is 14.4. The van der Waals surface area contributed by atoms with Crippen molar-refractivity contribution >= 4 is 26.8 Å². The van der Waals surface area contributed by atoms with E-state index in [0.717, 1.165) is 30.3 Å². The SMILES string of the molecule is O=C(CCc1ccnc(-c2ccc(C(F)(F)F)cc2)c1)C1CC(F)(F)CN1S(=O)(=O)c1cc2cc(F)ccc2o1. The minimum atomic E-state index is -4.67. The minimum Gasteiger partial charge on any atom is -0.443 e. The molecule has 210 valence electrons. The lowest BCUT2D eigenvalue weighted by Gasteiger charge is -2.21. The van der Waals surface area contributed by atoms with E-state index < -0.39 is 63.4 Å². The molecule has 3 heterocycles. The Hall–Kier alpha value is -3.71. The van der Waals surface area contributed by atoms with Gasteiger partial charge >= 0.3 is 6.18 Å². The van der Waals surface area contributed by atoms with Crippen LogP contribution < -0.4 is 0 Å². The van der Waals surface area contributed by atoms with Gasteiger partial charge in [-0.15, -0.1) is 0 Å². The van der Waals surface area contributed by atoms with Crippen LogP contribution in [0.25, 0.3) is 22.2 Å². The topological polar surface area (TPSA) is 80.5 Å². The lowest BCUT2D eigenvalue weighted by Crippen LogP contribution is -2.40. The molecule has 0 bridgehead atoms. The summed E-state index contributed by atoms with van der Waals surface area (Å²) < 4.78 is 113. The van der Waals surface area contributed by atoms with Crippen LogP contribution in [0.1, 0.15) is 24.0 Å². The zero-order valence-corrected chi connectivity index (χ0v) is 21.3. The van der Waals surface area contributed by atoms with Gasteiger partial charge in [0, 0.05) is 36.1 Å². The van der Waals surface area contributed by atoms with Crippen molar-refractivity contribution in [2.45, 2.75) is 42.5 Å². The van der Waals surface area contributed by atoms with Crippen LogP contribution in [0.4, 0.5) is 26.3 Å². The number of hydrogen-bond donors (Lipinski definition) is 0. The predicted octanol–water partition coefficient (Wildman–Crippen LogP) is 6.25. The van der Waals surface area contributed by atoms with E-state index in [4.69, 9.17) is 4.42 Å². The van der Waals surface area contributed by atoms with Gasteiger partial charge in [-0.2, -0.15) is 17.5 Å². The van der Waals surface area contributed by atoms with Crippen molar-refractivity contribution in [2.24, 2.45) is 0 Å². The number of benzene rings is 2. The number of halogens is 6. The number of hydrogen-bond acceptors (Lipinski definition) is 5. The summed E-state index contributed by atoms with van der Waals surface area (Å²) in [6.45, 7) is -1.22. The van der Waals surface area contributed by atoms with Gasteiger partial charge in [-0.05, 0) is 54.4 Å². The van der Waals surface area contributed by atoms with E-state index in [1.54, 1.807) is 12.1 Å². The Morgan fingerprint density at radius 1 is 1.05 bits per heavy atom. The number of pyridine rings is 1. The molecular formula is C27H20F6N2O4S. The second-order valence-corrected chi connectivity index (χ2v) is 11.3.